The number of nitrogens with one attached hydrogen (secondary N) is 1. The summed E-state index contributed by atoms with van der Waals surface area (Å²) in [5, 5.41) is 3.01. The molecule has 0 unspecified atom stereocenters. The number of rotatable bonds is 12. The third kappa shape index (κ3) is 7.14. The van der Waals surface area contributed by atoms with Crippen molar-refractivity contribution in [1.29, 1.82) is 0 Å². The number of amides is 1. The third-order valence-electron chi connectivity index (χ3n) is 5.38. The molecule has 33 heavy (non-hydrogen) atoms. The number of carbonyl (C=O) groups is 1. The molecule has 3 rings (SSSR count). The molecule has 0 radical (unpaired) electrons. The van der Waals surface area contributed by atoms with Gasteiger partial charge in [-0.15, -0.1) is 11.8 Å². The van der Waals surface area contributed by atoms with E-state index in [9.17, 15) is 4.79 Å². The fraction of sp³-hybridized carbons (Fsp3) is 0.370. The second kappa shape index (κ2) is 12.5. The van der Waals surface area contributed by atoms with Crippen molar-refractivity contribution in [1.82, 2.24) is 9.88 Å². The highest BCUT2D eigenvalue weighted by Gasteiger charge is 2.14. The van der Waals surface area contributed by atoms with Gasteiger partial charge in [0.05, 0.1) is 18.9 Å². The first-order valence-electron chi connectivity index (χ1n) is 11.4. The summed E-state index contributed by atoms with van der Waals surface area (Å²) in [7, 11) is 1.67. The molecule has 0 aliphatic heterocycles. The number of hydrogen-bond acceptors (Lipinski definition) is 4. The Morgan fingerprint density at radius 2 is 1.76 bits per heavy atom. The Bertz CT molecular complexity index is 1010. The molecule has 0 aliphatic rings. The van der Waals surface area contributed by atoms with E-state index in [1.807, 2.05) is 26.0 Å². The lowest BCUT2D eigenvalue weighted by Gasteiger charge is -2.15. The van der Waals surface area contributed by atoms with Gasteiger partial charge in [0.1, 0.15) is 5.75 Å². The molecule has 0 saturated heterocycles. The lowest BCUT2D eigenvalue weighted by atomic mass is 10.1. The average molecular weight is 467 g/mol. The summed E-state index contributed by atoms with van der Waals surface area (Å²) >= 11 is 1.73. The first kappa shape index (κ1) is 24.9. The predicted molar refractivity (Wildman–Crippen MR) is 137 cm³/mol. The molecule has 1 N–H and O–H groups in total. The lowest BCUT2D eigenvalue weighted by molar-refractivity contribution is -0.121. The van der Waals surface area contributed by atoms with Gasteiger partial charge in [0.2, 0.25) is 5.91 Å². The van der Waals surface area contributed by atoms with Gasteiger partial charge >= 0.3 is 0 Å². The van der Waals surface area contributed by atoms with E-state index >= 15 is 0 Å². The van der Waals surface area contributed by atoms with Crippen LogP contribution in [0.15, 0.2) is 65.6 Å². The zero-order valence-electron chi connectivity index (χ0n) is 20.0. The van der Waals surface area contributed by atoms with Gasteiger partial charge < -0.3 is 19.4 Å². The molecule has 0 saturated carbocycles. The van der Waals surface area contributed by atoms with Crippen LogP contribution in [0.4, 0.5) is 0 Å². The summed E-state index contributed by atoms with van der Waals surface area (Å²) in [4.78, 5) is 13.6. The first-order chi connectivity index (χ1) is 16.0. The van der Waals surface area contributed by atoms with Gasteiger partial charge in [0, 0.05) is 35.8 Å². The quantitative estimate of drug-likeness (QED) is 0.273. The van der Waals surface area contributed by atoms with Gasteiger partial charge in [-0.3, -0.25) is 4.79 Å². The maximum Gasteiger partial charge on any atom is 0.220 e. The Morgan fingerprint density at radius 3 is 2.39 bits per heavy atom. The van der Waals surface area contributed by atoms with Gasteiger partial charge in [-0.1, -0.05) is 0 Å². The Hall–Kier alpha value is -2.70. The van der Waals surface area contributed by atoms with Crippen LogP contribution in [0.1, 0.15) is 32.4 Å². The molecular weight excluding hydrogens is 432 g/mol. The smallest absolute Gasteiger partial charge is 0.220 e. The van der Waals surface area contributed by atoms with Crippen molar-refractivity contribution in [3.63, 3.8) is 0 Å². The highest BCUT2D eigenvalue weighted by atomic mass is 32.2. The monoisotopic (exact) mass is 466 g/mol. The standard InChI is InChI=1S/C27H34N2O3S/c1-20(2)32-19-5-18-28-27(30)17-11-23-10-16-26(21-6-12-24(31-3)13-7-21)29(23)22-8-14-25(33-4)15-9-22/h6-10,12-16,20H,5,11,17-19H2,1-4H3,(H,28,30). The Labute approximate surface area is 201 Å². The van der Waals surface area contributed by atoms with Crippen LogP contribution < -0.4 is 10.1 Å². The van der Waals surface area contributed by atoms with E-state index in [0.717, 1.165) is 34.8 Å². The number of hydrogen-bond donors (Lipinski definition) is 1. The van der Waals surface area contributed by atoms with E-state index in [1.165, 1.54) is 4.90 Å². The summed E-state index contributed by atoms with van der Waals surface area (Å²) < 4.78 is 13.1. The predicted octanol–water partition coefficient (Wildman–Crippen LogP) is 5.74. The summed E-state index contributed by atoms with van der Waals surface area (Å²) in [6.07, 6.45) is 4.23. The van der Waals surface area contributed by atoms with Crippen LogP contribution in [0.3, 0.4) is 0 Å². The molecular formula is C27H34N2O3S. The minimum atomic E-state index is 0.0658. The summed E-state index contributed by atoms with van der Waals surface area (Å²) in [6.45, 7) is 5.34. The van der Waals surface area contributed by atoms with Crippen LogP contribution in [0.5, 0.6) is 5.75 Å². The van der Waals surface area contributed by atoms with Crippen molar-refractivity contribution in [3.05, 3.63) is 66.4 Å². The van der Waals surface area contributed by atoms with E-state index in [4.69, 9.17) is 9.47 Å². The average Bonchev–Trinajstić information content (AvgIpc) is 3.26. The number of nitrogens with zero attached hydrogens (tertiary/aromatic N) is 1. The fourth-order valence-electron chi connectivity index (χ4n) is 3.65. The van der Waals surface area contributed by atoms with E-state index < -0.39 is 0 Å². The Morgan fingerprint density at radius 1 is 1.03 bits per heavy atom. The molecule has 1 aromatic heterocycles. The maximum atomic E-state index is 12.4. The second-order valence-electron chi connectivity index (χ2n) is 8.09. The second-order valence-corrected chi connectivity index (χ2v) is 8.97. The lowest BCUT2D eigenvalue weighted by Crippen LogP contribution is -2.26. The molecule has 0 spiro atoms. The molecule has 176 valence electrons. The molecule has 0 bridgehead atoms. The van der Waals surface area contributed by atoms with Crippen LogP contribution in [0, 0.1) is 0 Å². The minimum absolute atomic E-state index is 0.0658. The number of aryl methyl sites for hydroxylation is 1. The molecule has 1 amide bonds. The number of methoxy groups -OCH3 is 1. The van der Waals surface area contributed by atoms with Crippen molar-refractivity contribution >= 4 is 17.7 Å². The van der Waals surface area contributed by atoms with Crippen molar-refractivity contribution in [2.75, 3.05) is 26.5 Å². The topological polar surface area (TPSA) is 52.5 Å². The Balaban J connectivity index is 1.75. The molecule has 0 aliphatic carbocycles. The molecule has 0 fully saturated rings. The maximum absolute atomic E-state index is 12.4. The van der Waals surface area contributed by atoms with Crippen LogP contribution in [-0.4, -0.2) is 43.1 Å². The summed E-state index contributed by atoms with van der Waals surface area (Å²) in [5.74, 6) is 0.896. The van der Waals surface area contributed by atoms with Crippen molar-refractivity contribution in [3.8, 4) is 22.7 Å². The molecule has 1 heterocycles. The number of carbonyl (C=O) groups excluding carboxylic acids is 1. The van der Waals surface area contributed by atoms with Gasteiger partial charge in [0.15, 0.2) is 0 Å². The van der Waals surface area contributed by atoms with Crippen LogP contribution in [0.25, 0.3) is 16.9 Å². The van der Waals surface area contributed by atoms with Gasteiger partial charge in [-0.25, -0.2) is 0 Å². The molecule has 0 atom stereocenters. The van der Waals surface area contributed by atoms with Gasteiger partial charge in [0.25, 0.3) is 0 Å². The van der Waals surface area contributed by atoms with E-state index in [2.05, 4.69) is 64.7 Å². The van der Waals surface area contributed by atoms with E-state index in [1.54, 1.807) is 18.9 Å². The van der Waals surface area contributed by atoms with Crippen LogP contribution >= 0.6 is 11.8 Å². The van der Waals surface area contributed by atoms with Gasteiger partial charge in [-0.05, 0) is 99.2 Å². The number of aromatic nitrogens is 1. The highest BCUT2D eigenvalue weighted by Crippen LogP contribution is 2.29. The summed E-state index contributed by atoms with van der Waals surface area (Å²) in [6, 6.07) is 20.9. The number of benzene rings is 2. The van der Waals surface area contributed by atoms with Crippen molar-refractivity contribution < 1.29 is 14.3 Å². The highest BCUT2D eigenvalue weighted by molar-refractivity contribution is 7.98. The van der Waals surface area contributed by atoms with Gasteiger partial charge in [-0.2, -0.15) is 0 Å². The summed E-state index contributed by atoms with van der Waals surface area (Å²) in [5.41, 5.74) is 4.39. The normalized spacial score (nSPS) is 11.1. The van der Waals surface area contributed by atoms with Crippen LogP contribution in [-0.2, 0) is 16.0 Å². The first-order valence-corrected chi connectivity index (χ1v) is 12.6. The van der Waals surface area contributed by atoms with E-state index in [0.29, 0.717) is 26.0 Å². The number of ether oxygens (including phenoxy) is 2. The minimum Gasteiger partial charge on any atom is -0.497 e. The molecule has 5 nitrogen and oxygen atoms in total. The largest absolute Gasteiger partial charge is 0.497 e. The molecule has 6 heteroatoms. The molecule has 3 aromatic rings. The zero-order valence-corrected chi connectivity index (χ0v) is 20.8. The van der Waals surface area contributed by atoms with E-state index in [-0.39, 0.29) is 12.0 Å². The van der Waals surface area contributed by atoms with Crippen molar-refractivity contribution in [2.24, 2.45) is 0 Å². The van der Waals surface area contributed by atoms with Crippen molar-refractivity contribution in [2.45, 2.75) is 44.1 Å². The zero-order chi connectivity index (χ0) is 23.6. The molecule has 2 aromatic carbocycles. The Kier molecular flexibility index (Phi) is 9.46. The third-order valence-corrected chi connectivity index (χ3v) is 6.12. The van der Waals surface area contributed by atoms with Crippen LogP contribution in [0.2, 0.25) is 0 Å². The number of thioether (sulfide) groups is 1. The SMILES string of the molecule is COc1ccc(-c2ccc(CCC(=O)NCCCOC(C)C)n2-c2ccc(SC)cc2)cc1. The fourth-order valence-corrected chi connectivity index (χ4v) is 4.05.